The highest BCUT2D eigenvalue weighted by atomic mass is 19.2. The van der Waals surface area contributed by atoms with Crippen LogP contribution >= 0.6 is 0 Å². The lowest BCUT2D eigenvalue weighted by Gasteiger charge is -2.29. The molecule has 0 amide bonds. The Balaban J connectivity index is 1.50. The van der Waals surface area contributed by atoms with Crippen molar-refractivity contribution in [3.8, 4) is 28.0 Å². The molecule has 3 aromatic rings. The van der Waals surface area contributed by atoms with Crippen LogP contribution < -0.4 is 4.74 Å². The predicted octanol–water partition coefficient (Wildman–Crippen LogP) is 8.64. The third kappa shape index (κ3) is 5.98. The molecule has 0 radical (unpaired) electrons. The zero-order chi connectivity index (χ0) is 26.5. The number of aryl methyl sites for hydroxylation is 1. The second-order valence-corrected chi connectivity index (χ2v) is 9.50. The summed E-state index contributed by atoms with van der Waals surface area (Å²) in [7, 11) is 0. The molecule has 0 aliphatic carbocycles. The zero-order valence-corrected chi connectivity index (χ0v) is 21.1. The molecule has 0 N–H and O–H groups in total. The zero-order valence-electron chi connectivity index (χ0n) is 21.1. The molecule has 4 rings (SSSR count). The van der Waals surface area contributed by atoms with Crippen LogP contribution in [-0.2, 0) is 11.2 Å². The normalized spacial score (nSPS) is 17.7. The molecule has 0 spiro atoms. The first-order valence-corrected chi connectivity index (χ1v) is 12.8. The number of rotatable bonds is 9. The summed E-state index contributed by atoms with van der Waals surface area (Å²) in [5.41, 5.74) is -0.585. The Hall–Kier alpha value is -2.93. The van der Waals surface area contributed by atoms with Crippen molar-refractivity contribution in [2.75, 3.05) is 13.2 Å². The number of benzene rings is 3. The third-order valence-corrected chi connectivity index (χ3v) is 6.96. The fourth-order valence-electron chi connectivity index (χ4n) is 4.96. The average Bonchev–Trinajstić information content (AvgIpc) is 2.89. The van der Waals surface area contributed by atoms with Gasteiger partial charge < -0.3 is 9.47 Å². The summed E-state index contributed by atoms with van der Waals surface area (Å²) in [6, 6.07) is 8.99. The fraction of sp³-hybridized carbons (Fsp3) is 0.400. The van der Waals surface area contributed by atoms with E-state index >= 15 is 4.39 Å². The molecule has 37 heavy (non-hydrogen) atoms. The Morgan fingerprint density at radius 1 is 0.757 bits per heavy atom. The van der Waals surface area contributed by atoms with Crippen LogP contribution in [0, 0.1) is 35.0 Å². The van der Waals surface area contributed by atoms with E-state index in [1.807, 2.05) is 0 Å². The lowest BCUT2D eigenvalue weighted by Crippen LogP contribution is -2.26. The molecule has 0 saturated carbocycles. The second-order valence-electron chi connectivity index (χ2n) is 9.50. The highest BCUT2D eigenvalue weighted by molar-refractivity contribution is 5.73. The molecule has 2 atom stereocenters. The monoisotopic (exact) mass is 518 g/mol. The minimum atomic E-state index is -1.39. The Labute approximate surface area is 214 Å². The van der Waals surface area contributed by atoms with Crippen molar-refractivity contribution in [2.24, 2.45) is 5.92 Å². The van der Waals surface area contributed by atoms with Gasteiger partial charge in [0.25, 0.3) is 0 Å². The van der Waals surface area contributed by atoms with Gasteiger partial charge in [0, 0.05) is 28.9 Å². The Bertz CT molecular complexity index is 1240. The van der Waals surface area contributed by atoms with Gasteiger partial charge in [0.1, 0.15) is 5.82 Å². The highest BCUT2D eigenvalue weighted by Gasteiger charge is 2.24. The van der Waals surface area contributed by atoms with Gasteiger partial charge in [0.05, 0.1) is 12.7 Å². The molecule has 7 heteroatoms. The van der Waals surface area contributed by atoms with E-state index in [2.05, 4.69) is 6.92 Å². The van der Waals surface area contributed by atoms with Gasteiger partial charge in [-0.3, -0.25) is 0 Å². The molecule has 0 bridgehead atoms. The van der Waals surface area contributed by atoms with Gasteiger partial charge in [0.15, 0.2) is 23.2 Å². The molecule has 1 aliphatic heterocycles. The van der Waals surface area contributed by atoms with Crippen molar-refractivity contribution < 1.29 is 31.4 Å². The van der Waals surface area contributed by atoms with Crippen molar-refractivity contribution >= 4 is 0 Å². The van der Waals surface area contributed by atoms with Crippen LogP contribution in [-0.4, -0.2) is 19.3 Å². The first-order valence-electron chi connectivity index (χ1n) is 12.8. The molecule has 2 nitrogen and oxygen atoms in total. The summed E-state index contributed by atoms with van der Waals surface area (Å²) in [6.45, 7) is 4.66. The van der Waals surface area contributed by atoms with Crippen molar-refractivity contribution in [1.82, 2.24) is 0 Å². The van der Waals surface area contributed by atoms with E-state index in [0.717, 1.165) is 56.1 Å². The van der Waals surface area contributed by atoms with Gasteiger partial charge in [-0.25, -0.2) is 17.6 Å². The van der Waals surface area contributed by atoms with Crippen LogP contribution in [0.3, 0.4) is 0 Å². The standard InChI is InChI=1S/C30H31F5O2/c1-3-5-19-7-10-20(37-17-19)9-6-18-8-11-21(25(31)16-18)22-12-13-23(28(33)27(22)32)24-14-15-26(36-4-2)30(35)29(24)34/h8,11-16,19-20H,3-7,9-10,17H2,1-2H3. The predicted molar refractivity (Wildman–Crippen MR) is 134 cm³/mol. The molecule has 1 saturated heterocycles. The lowest BCUT2D eigenvalue weighted by atomic mass is 9.92. The van der Waals surface area contributed by atoms with Crippen LogP contribution in [0.5, 0.6) is 5.75 Å². The van der Waals surface area contributed by atoms with E-state index in [1.54, 1.807) is 13.0 Å². The number of halogens is 5. The quantitative estimate of drug-likeness (QED) is 0.264. The van der Waals surface area contributed by atoms with E-state index < -0.39 is 40.2 Å². The van der Waals surface area contributed by atoms with Crippen LogP contribution in [0.1, 0.15) is 51.5 Å². The molecular weight excluding hydrogens is 487 g/mol. The van der Waals surface area contributed by atoms with Gasteiger partial charge in [0.2, 0.25) is 5.82 Å². The van der Waals surface area contributed by atoms with Crippen LogP contribution in [0.4, 0.5) is 22.0 Å². The number of hydrogen-bond donors (Lipinski definition) is 0. The SMILES string of the molecule is CCCC1CCC(CCc2ccc(-c3ccc(-c4ccc(OCC)c(F)c4F)c(F)c3F)c(F)c2)OC1. The maximum Gasteiger partial charge on any atom is 0.201 e. The smallest absolute Gasteiger partial charge is 0.201 e. The van der Waals surface area contributed by atoms with Gasteiger partial charge in [-0.2, -0.15) is 4.39 Å². The van der Waals surface area contributed by atoms with Crippen molar-refractivity contribution in [2.45, 2.75) is 58.5 Å². The van der Waals surface area contributed by atoms with Crippen LogP contribution in [0.25, 0.3) is 22.3 Å². The first kappa shape index (κ1) is 27.1. The minimum absolute atomic E-state index is 0.110. The van der Waals surface area contributed by atoms with Crippen molar-refractivity contribution in [1.29, 1.82) is 0 Å². The summed E-state index contributed by atoms with van der Waals surface area (Å²) in [5, 5.41) is 0. The summed E-state index contributed by atoms with van der Waals surface area (Å²) >= 11 is 0. The topological polar surface area (TPSA) is 18.5 Å². The summed E-state index contributed by atoms with van der Waals surface area (Å²) in [5.74, 6) is -5.76. The highest BCUT2D eigenvalue weighted by Crippen LogP contribution is 2.36. The molecule has 2 unspecified atom stereocenters. The van der Waals surface area contributed by atoms with Gasteiger partial charge >= 0.3 is 0 Å². The van der Waals surface area contributed by atoms with Gasteiger partial charge in [-0.1, -0.05) is 37.6 Å². The summed E-state index contributed by atoms with van der Waals surface area (Å²) in [6.07, 6.45) is 5.96. The van der Waals surface area contributed by atoms with Gasteiger partial charge in [-0.05, 0) is 68.7 Å². The van der Waals surface area contributed by atoms with E-state index in [1.165, 1.54) is 24.6 Å². The van der Waals surface area contributed by atoms with E-state index in [9.17, 15) is 17.6 Å². The van der Waals surface area contributed by atoms with Gasteiger partial charge in [-0.15, -0.1) is 0 Å². The van der Waals surface area contributed by atoms with E-state index in [-0.39, 0.29) is 29.6 Å². The van der Waals surface area contributed by atoms with E-state index in [0.29, 0.717) is 12.3 Å². The third-order valence-electron chi connectivity index (χ3n) is 6.96. The van der Waals surface area contributed by atoms with E-state index in [4.69, 9.17) is 9.47 Å². The molecular formula is C30H31F5O2. The molecule has 1 aliphatic rings. The van der Waals surface area contributed by atoms with Crippen LogP contribution in [0.15, 0.2) is 42.5 Å². The summed E-state index contributed by atoms with van der Waals surface area (Å²) in [4.78, 5) is 0. The van der Waals surface area contributed by atoms with Crippen molar-refractivity contribution in [3.05, 3.63) is 77.1 Å². The molecule has 3 aromatic carbocycles. The first-order chi connectivity index (χ1) is 17.8. The Kier molecular flexibility index (Phi) is 8.85. The van der Waals surface area contributed by atoms with Crippen molar-refractivity contribution in [3.63, 3.8) is 0 Å². The molecule has 0 aromatic heterocycles. The maximum atomic E-state index is 15.0. The average molecular weight is 519 g/mol. The minimum Gasteiger partial charge on any atom is -0.491 e. The second kappa shape index (κ2) is 12.1. The molecule has 198 valence electrons. The lowest BCUT2D eigenvalue weighted by molar-refractivity contribution is -0.0215. The maximum absolute atomic E-state index is 15.0. The Morgan fingerprint density at radius 3 is 1.97 bits per heavy atom. The van der Waals surface area contributed by atoms with Crippen LogP contribution in [0.2, 0.25) is 0 Å². The fourth-order valence-corrected chi connectivity index (χ4v) is 4.96. The largest absolute Gasteiger partial charge is 0.491 e. The molecule has 1 heterocycles. The molecule has 1 fully saturated rings. The number of hydrogen-bond acceptors (Lipinski definition) is 2. The summed E-state index contributed by atoms with van der Waals surface area (Å²) < 4.78 is 84.7. The number of ether oxygens (including phenoxy) is 2. The Morgan fingerprint density at radius 2 is 1.38 bits per heavy atom.